The molecule has 1 aromatic carbocycles. The Morgan fingerprint density at radius 1 is 1.10 bits per heavy atom. The van der Waals surface area contributed by atoms with Gasteiger partial charge in [-0.2, -0.15) is 13.2 Å². The van der Waals surface area contributed by atoms with E-state index < -0.39 is 29.1 Å². The number of alkyl halides is 3. The summed E-state index contributed by atoms with van der Waals surface area (Å²) in [6, 6.07) is 1.41. The van der Waals surface area contributed by atoms with Gasteiger partial charge in [0.1, 0.15) is 0 Å². The second kappa shape index (κ2) is 6.47. The molecule has 0 fully saturated rings. The highest BCUT2D eigenvalue weighted by Crippen LogP contribution is 2.39. The molecule has 0 N–H and O–H groups in total. The van der Waals surface area contributed by atoms with Crippen LogP contribution >= 0.6 is 0 Å². The van der Waals surface area contributed by atoms with Crippen molar-refractivity contribution >= 4 is 11.8 Å². The average molecular weight is 306 g/mol. The van der Waals surface area contributed by atoms with Crippen LogP contribution in [0.2, 0.25) is 0 Å². The molecule has 116 valence electrons. The van der Waals surface area contributed by atoms with Gasteiger partial charge in [0.25, 0.3) is 5.78 Å². The number of esters is 1. The van der Waals surface area contributed by atoms with Crippen molar-refractivity contribution in [3.05, 3.63) is 23.3 Å². The van der Waals surface area contributed by atoms with Crippen molar-refractivity contribution < 1.29 is 37.0 Å². The number of hydrogen-bond acceptors (Lipinski definition) is 5. The zero-order valence-electron chi connectivity index (χ0n) is 11.5. The summed E-state index contributed by atoms with van der Waals surface area (Å²) in [6.45, 7) is 1.31. The zero-order valence-corrected chi connectivity index (χ0v) is 11.5. The van der Waals surface area contributed by atoms with Crippen molar-refractivity contribution in [2.75, 3.05) is 20.8 Å². The highest BCUT2D eigenvalue weighted by Gasteiger charge is 2.38. The van der Waals surface area contributed by atoms with Crippen molar-refractivity contribution in [2.24, 2.45) is 0 Å². The van der Waals surface area contributed by atoms with Gasteiger partial charge in [-0.05, 0) is 19.1 Å². The lowest BCUT2D eigenvalue weighted by Crippen LogP contribution is -2.22. The van der Waals surface area contributed by atoms with Crippen molar-refractivity contribution in [3.8, 4) is 11.5 Å². The number of hydrogen-bond donors (Lipinski definition) is 0. The first-order chi connectivity index (χ1) is 9.76. The molecule has 21 heavy (non-hydrogen) atoms. The lowest BCUT2D eigenvalue weighted by atomic mass is 10.0. The van der Waals surface area contributed by atoms with Gasteiger partial charge >= 0.3 is 12.1 Å². The topological polar surface area (TPSA) is 61.8 Å². The number of Topliss-reactive ketones (excluding diaryl/α,β-unsaturated/α-hetero) is 1. The number of methoxy groups -OCH3 is 2. The van der Waals surface area contributed by atoms with Gasteiger partial charge in [0.2, 0.25) is 0 Å². The second-order valence-electron chi connectivity index (χ2n) is 3.80. The average Bonchev–Trinajstić information content (AvgIpc) is 2.44. The Kier molecular flexibility index (Phi) is 5.17. The summed E-state index contributed by atoms with van der Waals surface area (Å²) >= 11 is 0. The van der Waals surface area contributed by atoms with Crippen LogP contribution < -0.4 is 9.47 Å². The van der Waals surface area contributed by atoms with Gasteiger partial charge in [-0.3, -0.25) is 4.79 Å². The molecule has 0 aromatic heterocycles. The van der Waals surface area contributed by atoms with Crippen LogP contribution in [0.4, 0.5) is 13.2 Å². The third-order valence-electron chi connectivity index (χ3n) is 2.53. The second-order valence-corrected chi connectivity index (χ2v) is 3.80. The van der Waals surface area contributed by atoms with Crippen LogP contribution in [-0.2, 0) is 15.7 Å². The monoisotopic (exact) mass is 306 g/mol. The van der Waals surface area contributed by atoms with E-state index in [0.717, 1.165) is 13.2 Å². The van der Waals surface area contributed by atoms with Gasteiger partial charge < -0.3 is 14.2 Å². The van der Waals surface area contributed by atoms with E-state index >= 15 is 0 Å². The summed E-state index contributed by atoms with van der Waals surface area (Å²) in [6.07, 6.45) is -4.84. The maximum Gasteiger partial charge on any atom is 0.417 e. The molecular formula is C13H13F3O5. The van der Waals surface area contributed by atoms with Gasteiger partial charge in [-0.25, -0.2) is 4.79 Å². The fraction of sp³-hybridized carbons (Fsp3) is 0.385. The van der Waals surface area contributed by atoms with E-state index in [0.29, 0.717) is 6.07 Å². The van der Waals surface area contributed by atoms with E-state index in [1.54, 1.807) is 0 Å². The van der Waals surface area contributed by atoms with Gasteiger partial charge in [0, 0.05) is 5.56 Å². The summed E-state index contributed by atoms with van der Waals surface area (Å²) < 4.78 is 53.1. The molecule has 8 heteroatoms. The number of rotatable bonds is 5. The maximum absolute atomic E-state index is 13.0. The first kappa shape index (κ1) is 16.8. The van der Waals surface area contributed by atoms with Crippen molar-refractivity contribution in [2.45, 2.75) is 13.1 Å². The molecule has 0 saturated heterocycles. The van der Waals surface area contributed by atoms with Gasteiger partial charge in [-0.1, -0.05) is 0 Å². The van der Waals surface area contributed by atoms with Gasteiger partial charge in [0.15, 0.2) is 11.5 Å². The summed E-state index contributed by atoms with van der Waals surface area (Å²) in [4.78, 5) is 23.2. The predicted molar refractivity (Wildman–Crippen MR) is 65.5 cm³/mol. The van der Waals surface area contributed by atoms with E-state index in [9.17, 15) is 22.8 Å². The smallest absolute Gasteiger partial charge is 0.417 e. The van der Waals surface area contributed by atoms with Crippen LogP contribution in [0.15, 0.2) is 12.1 Å². The molecule has 0 spiro atoms. The largest absolute Gasteiger partial charge is 0.493 e. The highest BCUT2D eigenvalue weighted by molar-refractivity contribution is 6.41. The minimum atomic E-state index is -4.84. The Morgan fingerprint density at radius 3 is 2.05 bits per heavy atom. The Balaban J connectivity index is 3.47. The van der Waals surface area contributed by atoms with Gasteiger partial charge in [0.05, 0.1) is 26.4 Å². The number of benzene rings is 1. The molecule has 0 saturated carbocycles. The van der Waals surface area contributed by atoms with Crippen LogP contribution in [0, 0.1) is 0 Å². The van der Waals surface area contributed by atoms with E-state index in [2.05, 4.69) is 4.74 Å². The predicted octanol–water partition coefficient (Wildman–Crippen LogP) is 2.47. The molecule has 0 bridgehead atoms. The van der Waals surface area contributed by atoms with Crippen LogP contribution in [0.3, 0.4) is 0 Å². The molecule has 0 unspecified atom stereocenters. The lowest BCUT2D eigenvalue weighted by molar-refractivity contribution is -0.139. The number of ether oxygens (including phenoxy) is 3. The molecule has 1 aromatic rings. The number of carbonyl (C=O) groups is 2. The highest BCUT2D eigenvalue weighted by atomic mass is 19.4. The molecule has 0 heterocycles. The Bertz CT molecular complexity index is 551. The third kappa shape index (κ3) is 3.65. The lowest BCUT2D eigenvalue weighted by Gasteiger charge is -2.15. The number of ketones is 1. The molecule has 0 amide bonds. The zero-order chi connectivity index (χ0) is 16.2. The van der Waals surface area contributed by atoms with E-state index in [-0.39, 0.29) is 18.1 Å². The number of halogens is 3. The molecular weight excluding hydrogens is 293 g/mol. The molecule has 0 radical (unpaired) electrons. The third-order valence-corrected chi connectivity index (χ3v) is 2.53. The van der Waals surface area contributed by atoms with Gasteiger partial charge in [-0.15, -0.1) is 0 Å². The molecule has 5 nitrogen and oxygen atoms in total. The summed E-state index contributed by atoms with van der Waals surface area (Å²) in [5.74, 6) is -3.07. The summed E-state index contributed by atoms with van der Waals surface area (Å²) in [5.41, 5.74) is -2.14. The fourth-order valence-electron chi connectivity index (χ4n) is 1.61. The first-order valence-electron chi connectivity index (χ1n) is 5.80. The van der Waals surface area contributed by atoms with Crippen molar-refractivity contribution in [1.82, 2.24) is 0 Å². The minimum Gasteiger partial charge on any atom is -0.493 e. The number of carbonyl (C=O) groups excluding carboxylic acids is 2. The molecule has 0 aliphatic rings. The van der Waals surface area contributed by atoms with Crippen LogP contribution in [-0.4, -0.2) is 32.6 Å². The van der Waals surface area contributed by atoms with Crippen LogP contribution in [0.25, 0.3) is 0 Å². The quantitative estimate of drug-likeness (QED) is 0.475. The van der Waals surface area contributed by atoms with Crippen LogP contribution in [0.5, 0.6) is 11.5 Å². The molecule has 0 aliphatic carbocycles. The Labute approximate surface area is 118 Å². The SMILES string of the molecule is CCOC(=O)C(=O)c1cc(OC)c(OC)cc1C(F)(F)F. The minimum absolute atomic E-state index is 0.0989. The Hall–Kier alpha value is -2.25. The Morgan fingerprint density at radius 2 is 1.62 bits per heavy atom. The molecule has 0 aliphatic heterocycles. The maximum atomic E-state index is 13.0. The summed E-state index contributed by atoms with van der Waals surface area (Å²) in [5, 5.41) is 0. The molecule has 1 rings (SSSR count). The normalized spacial score (nSPS) is 11.0. The van der Waals surface area contributed by atoms with Crippen molar-refractivity contribution in [1.29, 1.82) is 0 Å². The standard InChI is InChI=1S/C13H13F3O5/c1-4-21-12(18)11(17)7-5-9(19-2)10(20-3)6-8(7)13(14,15)16/h5-6H,4H2,1-3H3. The fourth-order valence-corrected chi connectivity index (χ4v) is 1.61. The van der Waals surface area contributed by atoms with Crippen molar-refractivity contribution in [3.63, 3.8) is 0 Å². The van der Waals surface area contributed by atoms with E-state index in [1.165, 1.54) is 14.0 Å². The van der Waals surface area contributed by atoms with Crippen LogP contribution in [0.1, 0.15) is 22.8 Å². The van der Waals surface area contributed by atoms with E-state index in [4.69, 9.17) is 9.47 Å². The molecule has 0 atom stereocenters. The van der Waals surface area contributed by atoms with E-state index in [1.807, 2.05) is 0 Å². The first-order valence-corrected chi connectivity index (χ1v) is 5.80. The summed E-state index contributed by atoms with van der Waals surface area (Å²) in [7, 11) is 2.36.